The van der Waals surface area contributed by atoms with Crippen molar-refractivity contribution in [2.75, 3.05) is 21.3 Å². The van der Waals surface area contributed by atoms with Crippen LogP contribution in [0.4, 0.5) is 0 Å². The van der Waals surface area contributed by atoms with Crippen molar-refractivity contribution >= 4 is 11.6 Å². The third-order valence-electron chi connectivity index (χ3n) is 4.68. The summed E-state index contributed by atoms with van der Waals surface area (Å²) < 4.78 is 10.7. The van der Waals surface area contributed by atoms with Crippen LogP contribution in [0.3, 0.4) is 0 Å². The van der Waals surface area contributed by atoms with Gasteiger partial charge in [-0.15, -0.1) is 0 Å². The molecule has 1 N–H and O–H groups in total. The lowest BCUT2D eigenvalue weighted by molar-refractivity contribution is 0.237. The van der Waals surface area contributed by atoms with Gasteiger partial charge in [0.1, 0.15) is 0 Å². The quantitative estimate of drug-likeness (QED) is 0.871. The molecule has 0 saturated heterocycles. The Morgan fingerprint density at radius 2 is 1.67 bits per heavy atom. The topological polar surface area (TPSA) is 30.5 Å². The van der Waals surface area contributed by atoms with Gasteiger partial charge in [0.15, 0.2) is 11.5 Å². The number of hydrogen-bond acceptors (Lipinski definition) is 3. The Balaban J connectivity index is 2.29. The van der Waals surface area contributed by atoms with Crippen LogP contribution in [0.1, 0.15) is 44.2 Å². The Hall–Kier alpha value is -0.930. The average molecular weight is 312 g/mol. The number of ether oxygens (including phenoxy) is 2. The third kappa shape index (κ3) is 3.64. The smallest absolute Gasteiger partial charge is 0.162 e. The van der Waals surface area contributed by atoms with Gasteiger partial charge in [-0.25, -0.2) is 0 Å². The molecule has 118 valence electrons. The molecule has 1 aliphatic rings. The molecule has 2 rings (SSSR count). The van der Waals surface area contributed by atoms with Crippen molar-refractivity contribution in [1.29, 1.82) is 0 Å². The fraction of sp³-hybridized carbons (Fsp3) is 0.647. The summed E-state index contributed by atoms with van der Waals surface area (Å²) in [6, 6.07) is 4.14. The molecule has 1 unspecified atom stereocenters. The van der Waals surface area contributed by atoms with E-state index >= 15 is 0 Å². The van der Waals surface area contributed by atoms with Gasteiger partial charge in [0, 0.05) is 17.1 Å². The van der Waals surface area contributed by atoms with Gasteiger partial charge in [0.25, 0.3) is 0 Å². The van der Waals surface area contributed by atoms with E-state index in [0.29, 0.717) is 11.7 Å². The normalized spacial score (nSPS) is 23.7. The zero-order valence-electron chi connectivity index (χ0n) is 13.4. The lowest BCUT2D eigenvalue weighted by Crippen LogP contribution is -2.28. The Kier molecular flexibility index (Phi) is 5.77. The fourth-order valence-corrected chi connectivity index (χ4v) is 3.64. The van der Waals surface area contributed by atoms with Gasteiger partial charge in [-0.1, -0.05) is 31.4 Å². The Labute approximate surface area is 133 Å². The largest absolute Gasteiger partial charge is 0.493 e. The van der Waals surface area contributed by atoms with Gasteiger partial charge in [0.05, 0.1) is 14.2 Å². The van der Waals surface area contributed by atoms with Gasteiger partial charge in [-0.3, -0.25) is 0 Å². The number of rotatable bonds is 5. The molecular weight excluding hydrogens is 286 g/mol. The number of halogens is 1. The second kappa shape index (κ2) is 7.37. The standard InChI is InChI=1S/C17H26ClNO2/c1-11-5-7-12(8-6-11)17(19-2)13-9-15(20-3)16(21-4)10-14(13)18/h9-12,17,19H,5-8H2,1-4H3. The molecule has 1 saturated carbocycles. The molecule has 1 fully saturated rings. The summed E-state index contributed by atoms with van der Waals surface area (Å²) in [5, 5.41) is 4.19. The average Bonchev–Trinajstić information content (AvgIpc) is 2.50. The first-order valence-electron chi connectivity index (χ1n) is 7.69. The molecule has 0 radical (unpaired) electrons. The predicted octanol–water partition coefficient (Wildman–Crippen LogP) is 4.44. The minimum Gasteiger partial charge on any atom is -0.493 e. The SMILES string of the molecule is CNC(c1cc(OC)c(OC)cc1Cl)C1CCC(C)CC1. The molecular formula is C17H26ClNO2. The van der Waals surface area contributed by atoms with E-state index in [2.05, 4.69) is 12.2 Å². The minimum atomic E-state index is 0.268. The zero-order chi connectivity index (χ0) is 15.4. The van der Waals surface area contributed by atoms with Crippen LogP contribution in [0, 0.1) is 11.8 Å². The van der Waals surface area contributed by atoms with Gasteiger partial charge < -0.3 is 14.8 Å². The number of nitrogens with one attached hydrogen (secondary N) is 1. The Bertz CT molecular complexity index is 470. The molecule has 4 heteroatoms. The number of benzene rings is 1. The molecule has 0 bridgehead atoms. The van der Waals surface area contributed by atoms with Crippen LogP contribution < -0.4 is 14.8 Å². The van der Waals surface area contributed by atoms with E-state index in [4.69, 9.17) is 21.1 Å². The van der Waals surface area contributed by atoms with Crippen molar-refractivity contribution in [2.45, 2.75) is 38.6 Å². The predicted molar refractivity (Wildman–Crippen MR) is 87.5 cm³/mol. The molecule has 1 atom stereocenters. The maximum Gasteiger partial charge on any atom is 0.162 e. The molecule has 0 aliphatic heterocycles. The molecule has 0 aromatic heterocycles. The highest BCUT2D eigenvalue weighted by Crippen LogP contribution is 2.42. The zero-order valence-corrected chi connectivity index (χ0v) is 14.2. The summed E-state index contributed by atoms with van der Waals surface area (Å²) in [6.45, 7) is 2.34. The molecule has 3 nitrogen and oxygen atoms in total. The summed E-state index contributed by atoms with van der Waals surface area (Å²) in [7, 11) is 5.30. The van der Waals surface area contributed by atoms with E-state index in [1.165, 1.54) is 25.7 Å². The lowest BCUT2D eigenvalue weighted by atomic mass is 9.77. The van der Waals surface area contributed by atoms with Crippen molar-refractivity contribution in [1.82, 2.24) is 5.32 Å². The third-order valence-corrected chi connectivity index (χ3v) is 5.01. The van der Waals surface area contributed by atoms with Crippen LogP contribution in [0.5, 0.6) is 11.5 Å². The fourth-order valence-electron chi connectivity index (χ4n) is 3.37. The first kappa shape index (κ1) is 16.4. The van der Waals surface area contributed by atoms with E-state index in [0.717, 1.165) is 22.3 Å². The summed E-state index contributed by atoms with van der Waals surface area (Å²) in [5.74, 6) is 2.89. The Morgan fingerprint density at radius 3 is 2.19 bits per heavy atom. The highest BCUT2D eigenvalue weighted by Gasteiger charge is 2.28. The number of methoxy groups -OCH3 is 2. The van der Waals surface area contributed by atoms with Crippen LogP contribution >= 0.6 is 11.6 Å². The molecule has 0 amide bonds. The summed E-state index contributed by atoms with van der Waals surface area (Å²) >= 11 is 6.48. The van der Waals surface area contributed by atoms with Crippen molar-refractivity contribution in [3.63, 3.8) is 0 Å². The molecule has 1 aromatic carbocycles. The second-order valence-electron chi connectivity index (χ2n) is 6.02. The first-order valence-corrected chi connectivity index (χ1v) is 8.07. The van der Waals surface area contributed by atoms with Crippen LogP contribution in [0.2, 0.25) is 5.02 Å². The van der Waals surface area contributed by atoms with Gasteiger partial charge in [-0.05, 0) is 43.4 Å². The Morgan fingerprint density at radius 1 is 1.10 bits per heavy atom. The van der Waals surface area contributed by atoms with Crippen molar-refractivity contribution in [3.05, 3.63) is 22.7 Å². The van der Waals surface area contributed by atoms with Crippen LogP contribution in [-0.4, -0.2) is 21.3 Å². The summed E-state index contributed by atoms with van der Waals surface area (Å²) in [5.41, 5.74) is 1.11. The maximum atomic E-state index is 6.48. The monoisotopic (exact) mass is 311 g/mol. The minimum absolute atomic E-state index is 0.268. The number of hydrogen-bond donors (Lipinski definition) is 1. The van der Waals surface area contributed by atoms with Crippen LogP contribution in [0.15, 0.2) is 12.1 Å². The molecule has 1 aromatic rings. The second-order valence-corrected chi connectivity index (χ2v) is 6.42. The first-order chi connectivity index (χ1) is 10.1. The molecule has 21 heavy (non-hydrogen) atoms. The maximum absolute atomic E-state index is 6.48. The highest BCUT2D eigenvalue weighted by atomic mass is 35.5. The summed E-state index contributed by atoms with van der Waals surface area (Å²) in [6.07, 6.45) is 5.09. The van der Waals surface area contributed by atoms with E-state index in [1.54, 1.807) is 14.2 Å². The van der Waals surface area contributed by atoms with Crippen molar-refractivity contribution < 1.29 is 9.47 Å². The van der Waals surface area contributed by atoms with Crippen molar-refractivity contribution in [3.8, 4) is 11.5 Å². The van der Waals surface area contributed by atoms with E-state index < -0.39 is 0 Å². The highest BCUT2D eigenvalue weighted by molar-refractivity contribution is 6.31. The molecule has 0 heterocycles. The van der Waals surface area contributed by atoms with Crippen LogP contribution in [0.25, 0.3) is 0 Å². The van der Waals surface area contributed by atoms with E-state index in [9.17, 15) is 0 Å². The van der Waals surface area contributed by atoms with Crippen LogP contribution in [-0.2, 0) is 0 Å². The summed E-state index contributed by atoms with van der Waals surface area (Å²) in [4.78, 5) is 0. The van der Waals surface area contributed by atoms with E-state index in [-0.39, 0.29) is 6.04 Å². The lowest BCUT2D eigenvalue weighted by Gasteiger charge is -2.33. The van der Waals surface area contributed by atoms with Gasteiger partial charge in [-0.2, -0.15) is 0 Å². The van der Waals surface area contributed by atoms with Crippen molar-refractivity contribution in [2.24, 2.45) is 11.8 Å². The van der Waals surface area contributed by atoms with Gasteiger partial charge >= 0.3 is 0 Å². The van der Waals surface area contributed by atoms with E-state index in [1.807, 2.05) is 19.2 Å². The van der Waals surface area contributed by atoms with Gasteiger partial charge in [0.2, 0.25) is 0 Å². The molecule has 1 aliphatic carbocycles. The molecule has 0 spiro atoms.